The maximum absolute atomic E-state index is 13.9. The minimum atomic E-state index is -0.805. The predicted octanol–water partition coefficient (Wildman–Crippen LogP) is 4.08. The molecule has 2 aromatic rings. The zero-order valence-corrected chi connectivity index (χ0v) is 10.9. The highest BCUT2D eigenvalue weighted by molar-refractivity contribution is 5.65. The number of halogens is 2. The first-order valence-corrected chi connectivity index (χ1v) is 6.38. The van der Waals surface area contributed by atoms with Crippen molar-refractivity contribution >= 4 is 0 Å². The number of hydrogen-bond donors (Lipinski definition) is 1. The van der Waals surface area contributed by atoms with E-state index in [-0.39, 0.29) is 5.92 Å². The maximum atomic E-state index is 13.9. The predicted molar refractivity (Wildman–Crippen MR) is 73.9 cm³/mol. The van der Waals surface area contributed by atoms with Crippen LogP contribution in [-0.4, -0.2) is 6.54 Å². The summed E-state index contributed by atoms with van der Waals surface area (Å²) in [6.07, 6.45) is 0.749. The summed E-state index contributed by atoms with van der Waals surface area (Å²) in [7, 11) is 0. The topological polar surface area (TPSA) is 26.0 Å². The van der Waals surface area contributed by atoms with E-state index in [1.165, 1.54) is 6.07 Å². The van der Waals surface area contributed by atoms with Gasteiger partial charge in [0.1, 0.15) is 0 Å². The molecule has 2 N–H and O–H groups in total. The molecule has 0 aliphatic carbocycles. The summed E-state index contributed by atoms with van der Waals surface area (Å²) in [5.74, 6) is -1.49. The van der Waals surface area contributed by atoms with Crippen LogP contribution in [0.2, 0.25) is 0 Å². The van der Waals surface area contributed by atoms with Gasteiger partial charge in [-0.15, -0.1) is 0 Å². The molecule has 2 rings (SSSR count). The summed E-state index contributed by atoms with van der Waals surface area (Å²) < 4.78 is 27.6. The van der Waals surface area contributed by atoms with Crippen molar-refractivity contribution in [2.45, 2.75) is 19.3 Å². The van der Waals surface area contributed by atoms with Gasteiger partial charge in [-0.2, -0.15) is 0 Å². The molecule has 0 bridgehead atoms. The Balaban J connectivity index is 2.49. The van der Waals surface area contributed by atoms with E-state index >= 15 is 0 Å². The van der Waals surface area contributed by atoms with Crippen LogP contribution in [0.5, 0.6) is 0 Å². The van der Waals surface area contributed by atoms with Gasteiger partial charge in [-0.1, -0.05) is 37.3 Å². The smallest absolute Gasteiger partial charge is 0.166 e. The molecule has 0 radical (unpaired) electrons. The number of nitrogens with two attached hydrogens (primary N) is 1. The largest absolute Gasteiger partial charge is 0.330 e. The van der Waals surface area contributed by atoms with Crippen molar-refractivity contribution in [2.24, 2.45) is 5.73 Å². The van der Waals surface area contributed by atoms with Gasteiger partial charge in [0.15, 0.2) is 11.6 Å². The van der Waals surface area contributed by atoms with Gasteiger partial charge >= 0.3 is 0 Å². The standard InChI is InChI=1S/C16H17F2N/c1-11(7-8-19)13-9-14(16(18)15(17)10-13)12-5-3-2-4-6-12/h2-6,9-11H,7-8,19H2,1H3. The molecule has 0 amide bonds. The quantitative estimate of drug-likeness (QED) is 0.881. The first-order chi connectivity index (χ1) is 9.13. The molecule has 2 aromatic carbocycles. The third kappa shape index (κ3) is 2.99. The second-order valence-electron chi connectivity index (χ2n) is 4.71. The fourth-order valence-corrected chi connectivity index (χ4v) is 2.14. The normalized spacial score (nSPS) is 12.4. The molecule has 0 spiro atoms. The molecule has 0 saturated heterocycles. The summed E-state index contributed by atoms with van der Waals surface area (Å²) in [4.78, 5) is 0. The van der Waals surface area contributed by atoms with Crippen LogP contribution >= 0.6 is 0 Å². The lowest BCUT2D eigenvalue weighted by Crippen LogP contribution is -2.05. The molecule has 3 heteroatoms. The molecule has 0 aliphatic heterocycles. The number of benzene rings is 2. The van der Waals surface area contributed by atoms with Crippen LogP contribution in [-0.2, 0) is 0 Å². The zero-order valence-electron chi connectivity index (χ0n) is 10.9. The minimum Gasteiger partial charge on any atom is -0.330 e. The molecule has 19 heavy (non-hydrogen) atoms. The van der Waals surface area contributed by atoms with E-state index in [9.17, 15) is 8.78 Å². The Labute approximate surface area is 112 Å². The lowest BCUT2D eigenvalue weighted by atomic mass is 9.93. The number of rotatable bonds is 4. The Morgan fingerprint density at radius 3 is 2.42 bits per heavy atom. The summed E-state index contributed by atoms with van der Waals surface area (Å²) in [6, 6.07) is 12.0. The molecule has 1 atom stereocenters. The highest BCUT2D eigenvalue weighted by atomic mass is 19.2. The van der Waals surface area contributed by atoms with E-state index in [1.807, 2.05) is 25.1 Å². The van der Waals surface area contributed by atoms with Crippen LogP contribution in [0, 0.1) is 11.6 Å². The molecular weight excluding hydrogens is 244 g/mol. The van der Waals surface area contributed by atoms with E-state index in [1.54, 1.807) is 18.2 Å². The Kier molecular flexibility index (Phi) is 4.27. The Morgan fingerprint density at radius 2 is 1.79 bits per heavy atom. The van der Waals surface area contributed by atoms with Crippen molar-refractivity contribution in [1.29, 1.82) is 0 Å². The second-order valence-corrected chi connectivity index (χ2v) is 4.71. The summed E-state index contributed by atoms with van der Waals surface area (Å²) in [5.41, 5.74) is 7.28. The molecule has 0 aliphatic rings. The second kappa shape index (κ2) is 5.93. The van der Waals surface area contributed by atoms with E-state index in [0.717, 1.165) is 12.0 Å². The van der Waals surface area contributed by atoms with Gasteiger partial charge in [0.05, 0.1) is 0 Å². The van der Waals surface area contributed by atoms with Crippen molar-refractivity contribution in [3.8, 4) is 11.1 Å². The van der Waals surface area contributed by atoms with Crippen LogP contribution < -0.4 is 5.73 Å². The SMILES string of the molecule is CC(CCN)c1cc(F)c(F)c(-c2ccccc2)c1. The Hall–Kier alpha value is -1.74. The zero-order chi connectivity index (χ0) is 13.8. The number of hydrogen-bond acceptors (Lipinski definition) is 1. The van der Waals surface area contributed by atoms with Gasteiger partial charge in [0, 0.05) is 5.56 Å². The highest BCUT2D eigenvalue weighted by Crippen LogP contribution is 2.29. The molecule has 1 unspecified atom stereocenters. The van der Waals surface area contributed by atoms with Gasteiger partial charge < -0.3 is 5.73 Å². The maximum Gasteiger partial charge on any atom is 0.166 e. The fourth-order valence-electron chi connectivity index (χ4n) is 2.14. The monoisotopic (exact) mass is 261 g/mol. The van der Waals surface area contributed by atoms with Crippen molar-refractivity contribution < 1.29 is 8.78 Å². The van der Waals surface area contributed by atoms with Gasteiger partial charge in [0.2, 0.25) is 0 Å². The molecule has 0 saturated carbocycles. The van der Waals surface area contributed by atoms with Gasteiger partial charge in [-0.3, -0.25) is 0 Å². The van der Waals surface area contributed by atoms with Gasteiger partial charge in [-0.25, -0.2) is 8.78 Å². The molecule has 100 valence electrons. The van der Waals surface area contributed by atoms with E-state index < -0.39 is 11.6 Å². The van der Waals surface area contributed by atoms with Crippen LogP contribution in [0.1, 0.15) is 24.8 Å². The summed E-state index contributed by atoms with van der Waals surface area (Å²) >= 11 is 0. The van der Waals surface area contributed by atoms with Crippen LogP contribution in [0.15, 0.2) is 42.5 Å². The van der Waals surface area contributed by atoms with E-state index in [2.05, 4.69) is 0 Å². The molecule has 1 nitrogen and oxygen atoms in total. The fraction of sp³-hybridized carbons (Fsp3) is 0.250. The average Bonchev–Trinajstić information content (AvgIpc) is 2.43. The van der Waals surface area contributed by atoms with Crippen LogP contribution in [0.4, 0.5) is 8.78 Å². The van der Waals surface area contributed by atoms with E-state index in [4.69, 9.17) is 5.73 Å². The Morgan fingerprint density at radius 1 is 1.11 bits per heavy atom. The molecular formula is C16H17F2N. The molecule has 0 heterocycles. The first kappa shape index (κ1) is 13.7. The third-order valence-corrected chi connectivity index (χ3v) is 3.30. The molecule has 0 aromatic heterocycles. The van der Waals surface area contributed by atoms with Crippen molar-refractivity contribution in [3.05, 3.63) is 59.7 Å². The summed E-state index contributed by atoms with van der Waals surface area (Å²) in [5, 5.41) is 0. The van der Waals surface area contributed by atoms with E-state index in [0.29, 0.717) is 17.7 Å². The van der Waals surface area contributed by atoms with Crippen molar-refractivity contribution in [3.63, 3.8) is 0 Å². The lowest BCUT2D eigenvalue weighted by molar-refractivity contribution is 0.507. The van der Waals surface area contributed by atoms with Gasteiger partial charge in [-0.05, 0) is 42.1 Å². The van der Waals surface area contributed by atoms with Crippen molar-refractivity contribution in [1.82, 2.24) is 0 Å². The third-order valence-electron chi connectivity index (χ3n) is 3.30. The average molecular weight is 261 g/mol. The summed E-state index contributed by atoms with van der Waals surface area (Å²) in [6.45, 7) is 2.50. The van der Waals surface area contributed by atoms with Gasteiger partial charge in [0.25, 0.3) is 0 Å². The lowest BCUT2D eigenvalue weighted by Gasteiger charge is -2.13. The minimum absolute atomic E-state index is 0.113. The molecule has 0 fully saturated rings. The van der Waals surface area contributed by atoms with Crippen LogP contribution in [0.25, 0.3) is 11.1 Å². The van der Waals surface area contributed by atoms with Crippen molar-refractivity contribution in [2.75, 3.05) is 6.54 Å². The van der Waals surface area contributed by atoms with Crippen LogP contribution in [0.3, 0.4) is 0 Å². The highest BCUT2D eigenvalue weighted by Gasteiger charge is 2.15. The Bertz CT molecular complexity index is 552. The first-order valence-electron chi connectivity index (χ1n) is 6.38.